The summed E-state index contributed by atoms with van der Waals surface area (Å²) in [7, 11) is 1.47. The standard InChI is InChI=1S/C12H14F3NO3/c1-8(9-5-3-4-6-10(9)18-2)16-11(17)19-7-12(13,14)15/h3-6,8H,7H2,1-2H3,(H,16,17)/t8-/m1/s1. The number of rotatable bonds is 4. The summed E-state index contributed by atoms with van der Waals surface area (Å²) in [6, 6.07) is 6.34. The minimum Gasteiger partial charge on any atom is -0.496 e. The van der Waals surface area contributed by atoms with Gasteiger partial charge in [-0.25, -0.2) is 4.79 Å². The van der Waals surface area contributed by atoms with Gasteiger partial charge in [-0.05, 0) is 13.0 Å². The molecule has 1 N–H and O–H groups in total. The van der Waals surface area contributed by atoms with Crippen molar-refractivity contribution in [2.45, 2.75) is 19.1 Å². The number of benzene rings is 1. The second-order valence-corrected chi connectivity index (χ2v) is 3.80. The lowest BCUT2D eigenvalue weighted by atomic mass is 10.1. The highest BCUT2D eigenvalue weighted by atomic mass is 19.4. The number of carbonyl (C=O) groups excluding carboxylic acids is 1. The average Bonchev–Trinajstić information content (AvgIpc) is 2.35. The van der Waals surface area contributed by atoms with Gasteiger partial charge in [0, 0.05) is 5.56 Å². The van der Waals surface area contributed by atoms with Crippen molar-refractivity contribution < 1.29 is 27.4 Å². The van der Waals surface area contributed by atoms with Crippen LogP contribution in [0.2, 0.25) is 0 Å². The van der Waals surface area contributed by atoms with Crippen molar-refractivity contribution in [3.8, 4) is 5.75 Å². The number of halogens is 3. The number of carbonyl (C=O) groups is 1. The predicted octanol–water partition coefficient (Wildman–Crippen LogP) is 3.04. The minimum atomic E-state index is -4.54. The zero-order valence-corrected chi connectivity index (χ0v) is 10.5. The maximum Gasteiger partial charge on any atom is 0.422 e. The van der Waals surface area contributed by atoms with Crippen LogP contribution < -0.4 is 10.1 Å². The Labute approximate surface area is 108 Å². The summed E-state index contributed by atoms with van der Waals surface area (Å²) in [6.07, 6.45) is -5.67. The Morgan fingerprint density at radius 1 is 1.37 bits per heavy atom. The first-order chi connectivity index (χ1) is 8.83. The first kappa shape index (κ1) is 15.1. The van der Waals surface area contributed by atoms with Crippen molar-refractivity contribution in [1.29, 1.82) is 0 Å². The van der Waals surface area contributed by atoms with Gasteiger partial charge in [0.2, 0.25) is 0 Å². The SMILES string of the molecule is COc1ccccc1[C@@H](C)NC(=O)OCC(F)(F)F. The van der Waals surface area contributed by atoms with Crippen molar-refractivity contribution in [2.24, 2.45) is 0 Å². The number of para-hydroxylation sites is 1. The smallest absolute Gasteiger partial charge is 0.422 e. The van der Waals surface area contributed by atoms with E-state index in [1.165, 1.54) is 7.11 Å². The number of amides is 1. The molecule has 0 aromatic heterocycles. The third-order valence-electron chi connectivity index (χ3n) is 2.31. The average molecular weight is 277 g/mol. The summed E-state index contributed by atoms with van der Waals surface area (Å²) in [5.41, 5.74) is 0.647. The lowest BCUT2D eigenvalue weighted by molar-refractivity contribution is -0.160. The van der Waals surface area contributed by atoms with E-state index in [4.69, 9.17) is 4.74 Å². The number of ether oxygens (including phenoxy) is 2. The molecule has 0 saturated heterocycles. The normalized spacial score (nSPS) is 12.7. The predicted molar refractivity (Wildman–Crippen MR) is 61.9 cm³/mol. The maximum absolute atomic E-state index is 11.9. The molecule has 0 unspecified atom stereocenters. The first-order valence-electron chi connectivity index (χ1n) is 5.46. The van der Waals surface area contributed by atoms with Crippen molar-refractivity contribution in [3.63, 3.8) is 0 Å². The van der Waals surface area contributed by atoms with E-state index in [1.54, 1.807) is 31.2 Å². The van der Waals surface area contributed by atoms with Crippen LogP contribution in [0.25, 0.3) is 0 Å². The molecule has 0 heterocycles. The molecule has 0 aliphatic heterocycles. The van der Waals surface area contributed by atoms with Crippen molar-refractivity contribution in [1.82, 2.24) is 5.32 Å². The highest BCUT2D eigenvalue weighted by Crippen LogP contribution is 2.24. The molecule has 0 saturated carbocycles. The molecule has 0 bridgehead atoms. The summed E-state index contributed by atoms with van der Waals surface area (Å²) in [6.45, 7) is 0.00415. The molecule has 0 aliphatic rings. The minimum absolute atomic E-state index is 0.531. The van der Waals surface area contributed by atoms with E-state index >= 15 is 0 Å². The summed E-state index contributed by atoms with van der Waals surface area (Å²) in [5.74, 6) is 0.533. The summed E-state index contributed by atoms with van der Waals surface area (Å²) < 4.78 is 44.8. The Hall–Kier alpha value is -1.92. The fraction of sp³-hybridized carbons (Fsp3) is 0.417. The van der Waals surface area contributed by atoms with Crippen LogP contribution in [-0.4, -0.2) is 26.0 Å². The Morgan fingerprint density at radius 3 is 2.58 bits per heavy atom. The van der Waals surface area contributed by atoms with Crippen LogP contribution in [0, 0.1) is 0 Å². The van der Waals surface area contributed by atoms with Crippen LogP contribution in [-0.2, 0) is 4.74 Å². The Kier molecular flexibility index (Phi) is 5.02. The van der Waals surface area contributed by atoms with Gasteiger partial charge in [0.1, 0.15) is 5.75 Å². The summed E-state index contributed by atoms with van der Waals surface area (Å²) in [5, 5.41) is 2.30. The van der Waals surface area contributed by atoms with Gasteiger partial charge in [0.15, 0.2) is 6.61 Å². The van der Waals surface area contributed by atoms with Crippen molar-refractivity contribution >= 4 is 6.09 Å². The van der Waals surface area contributed by atoms with E-state index < -0.39 is 24.9 Å². The Balaban J connectivity index is 2.59. The molecule has 1 rings (SSSR count). The van der Waals surface area contributed by atoms with Crippen LogP contribution in [0.5, 0.6) is 5.75 Å². The fourth-order valence-corrected chi connectivity index (χ4v) is 1.47. The number of hydrogen-bond acceptors (Lipinski definition) is 3. The Morgan fingerprint density at radius 2 is 2.00 bits per heavy atom. The van der Waals surface area contributed by atoms with Gasteiger partial charge in [-0.1, -0.05) is 18.2 Å². The molecule has 106 valence electrons. The highest BCUT2D eigenvalue weighted by Gasteiger charge is 2.29. The van der Waals surface area contributed by atoms with E-state index in [2.05, 4.69) is 10.1 Å². The summed E-state index contributed by atoms with van der Waals surface area (Å²) in [4.78, 5) is 11.2. The largest absolute Gasteiger partial charge is 0.496 e. The van der Waals surface area contributed by atoms with Crippen LogP contribution in [0.3, 0.4) is 0 Å². The van der Waals surface area contributed by atoms with Crippen LogP contribution in [0.1, 0.15) is 18.5 Å². The topological polar surface area (TPSA) is 47.6 Å². The van der Waals surface area contributed by atoms with E-state index in [1.807, 2.05) is 0 Å². The quantitative estimate of drug-likeness (QED) is 0.920. The molecule has 0 aliphatic carbocycles. The van der Waals surface area contributed by atoms with Gasteiger partial charge in [-0.15, -0.1) is 0 Å². The van der Waals surface area contributed by atoms with Crippen molar-refractivity contribution in [2.75, 3.05) is 13.7 Å². The molecular weight excluding hydrogens is 263 g/mol. The Bertz CT molecular complexity index is 434. The van der Waals surface area contributed by atoms with Gasteiger partial charge < -0.3 is 14.8 Å². The number of alkyl carbamates (subject to hydrolysis) is 1. The second kappa shape index (κ2) is 6.31. The van der Waals surface area contributed by atoms with Gasteiger partial charge >= 0.3 is 12.3 Å². The molecule has 4 nitrogen and oxygen atoms in total. The van der Waals surface area contributed by atoms with E-state index in [0.29, 0.717) is 11.3 Å². The fourth-order valence-electron chi connectivity index (χ4n) is 1.47. The molecule has 1 aromatic carbocycles. The highest BCUT2D eigenvalue weighted by molar-refractivity contribution is 5.68. The molecule has 0 radical (unpaired) electrons. The molecule has 1 amide bonds. The zero-order chi connectivity index (χ0) is 14.5. The second-order valence-electron chi connectivity index (χ2n) is 3.80. The number of alkyl halides is 3. The molecule has 1 aromatic rings. The van der Waals surface area contributed by atoms with Gasteiger partial charge in [0.25, 0.3) is 0 Å². The number of methoxy groups -OCH3 is 1. The molecule has 0 spiro atoms. The lowest BCUT2D eigenvalue weighted by Crippen LogP contribution is -2.31. The zero-order valence-electron chi connectivity index (χ0n) is 10.5. The van der Waals surface area contributed by atoms with E-state index in [9.17, 15) is 18.0 Å². The van der Waals surface area contributed by atoms with Crippen LogP contribution in [0.15, 0.2) is 24.3 Å². The van der Waals surface area contributed by atoms with Crippen molar-refractivity contribution in [3.05, 3.63) is 29.8 Å². The molecule has 0 fully saturated rings. The van der Waals surface area contributed by atoms with Gasteiger partial charge in [0.05, 0.1) is 13.2 Å². The number of nitrogens with one attached hydrogen (secondary N) is 1. The van der Waals surface area contributed by atoms with Gasteiger partial charge in [-0.3, -0.25) is 0 Å². The first-order valence-corrected chi connectivity index (χ1v) is 5.46. The monoisotopic (exact) mass is 277 g/mol. The van der Waals surface area contributed by atoms with E-state index in [-0.39, 0.29) is 0 Å². The number of hydrogen-bond donors (Lipinski definition) is 1. The molecule has 7 heteroatoms. The summed E-state index contributed by atoms with van der Waals surface area (Å²) >= 11 is 0. The third-order valence-corrected chi connectivity index (χ3v) is 2.31. The van der Waals surface area contributed by atoms with Crippen LogP contribution in [0.4, 0.5) is 18.0 Å². The van der Waals surface area contributed by atoms with Crippen LogP contribution >= 0.6 is 0 Å². The lowest BCUT2D eigenvalue weighted by Gasteiger charge is -2.17. The van der Waals surface area contributed by atoms with Gasteiger partial charge in [-0.2, -0.15) is 13.2 Å². The molecule has 1 atom stereocenters. The third kappa shape index (κ3) is 5.07. The molecular formula is C12H14F3NO3. The maximum atomic E-state index is 11.9. The van der Waals surface area contributed by atoms with E-state index in [0.717, 1.165) is 0 Å². The molecule has 19 heavy (non-hydrogen) atoms.